The van der Waals surface area contributed by atoms with Crippen molar-refractivity contribution in [3.05, 3.63) is 160 Å². The zero-order chi connectivity index (χ0) is 50.1. The summed E-state index contributed by atoms with van der Waals surface area (Å²) < 4.78 is 160. The number of thiol groups is 1. The smallest absolute Gasteiger partial charge is 0.264 e. The number of hydrogen-bond acceptors (Lipinski definition) is 6. The number of rotatable bonds is 19. The minimum Gasteiger partial charge on any atom is -0.286 e. The largest absolute Gasteiger partial charge is 0.286 e. The molecule has 366 valence electrons. The Bertz CT molecular complexity index is 3140. The molecule has 16 heteroatoms. The summed E-state index contributed by atoms with van der Waals surface area (Å²) in [6.07, 6.45) is 6.21. The monoisotopic (exact) mass is 1050 g/mol. The zero-order valence-corrected chi connectivity index (χ0v) is 42.0. The van der Waals surface area contributed by atoms with Crippen molar-refractivity contribution >= 4 is 57.6 Å². The predicted octanol–water partition coefficient (Wildman–Crippen LogP) is 17.8. The molecule has 1 aliphatic carbocycles. The molecule has 0 saturated carbocycles. The summed E-state index contributed by atoms with van der Waals surface area (Å²) in [5.41, 5.74) is 1.85. The van der Waals surface area contributed by atoms with Crippen molar-refractivity contribution in [2.75, 3.05) is 5.75 Å². The number of hydrogen-bond donors (Lipinski definition) is 2. The van der Waals surface area contributed by atoms with E-state index in [0.717, 1.165) is 52.9 Å². The Labute approximate surface area is 420 Å². The van der Waals surface area contributed by atoms with Crippen LogP contribution in [0.4, 0.5) is 35.1 Å². The van der Waals surface area contributed by atoms with Crippen molar-refractivity contribution in [1.29, 1.82) is 0 Å². The number of aryl methyl sites for hydroxylation is 1. The normalized spacial score (nSPS) is 14.3. The molecule has 7 aromatic rings. The van der Waals surface area contributed by atoms with Crippen LogP contribution in [0.25, 0.3) is 43.1 Å². The fraction of sp³-hybridized carbons (Fsp3) is 0.259. The van der Waals surface area contributed by atoms with Crippen molar-refractivity contribution in [1.82, 2.24) is 0 Å². The van der Waals surface area contributed by atoms with Gasteiger partial charge in [-0.1, -0.05) is 117 Å². The summed E-state index contributed by atoms with van der Waals surface area (Å²) in [6, 6.07) is 26.1. The van der Waals surface area contributed by atoms with Gasteiger partial charge in [0.25, 0.3) is 10.1 Å². The van der Waals surface area contributed by atoms with E-state index in [-0.39, 0.29) is 16.9 Å². The molecule has 0 amide bonds. The van der Waals surface area contributed by atoms with Gasteiger partial charge in [0.2, 0.25) is 0 Å². The molecular weight excluding hydrogens is 1010 g/mol. The van der Waals surface area contributed by atoms with Gasteiger partial charge in [0.15, 0.2) is 46.5 Å². The second-order valence-corrected chi connectivity index (χ2v) is 22.8. The van der Waals surface area contributed by atoms with Gasteiger partial charge in [-0.25, -0.2) is 35.1 Å². The van der Waals surface area contributed by atoms with Gasteiger partial charge in [0, 0.05) is 29.9 Å². The molecular formula is C54H46F8O3S5. The van der Waals surface area contributed by atoms with E-state index >= 15 is 35.1 Å². The van der Waals surface area contributed by atoms with E-state index in [1.54, 1.807) is 60.7 Å². The second kappa shape index (κ2) is 21.6. The standard InChI is InChI=1S/C54H46F8O3S5/c1-3-4-5-8-25-54(26-9-6-7-10-27-70(63,64)65)38-28-31(40-23-24-41(69-40)43-46(57)50(61)53(51(62)47(43)58)67-34-17-11-30(2)12-18-34)13-21-36(38)37-22-14-32(29-39(37)54)42-44(55)48(59)52(49(60)45(42)56)68-35-19-15-33(66)16-20-35/h11-24,28-29,66H,3-10,25-27H2,1-2H3,(H,63,64,65). The number of fused-ring (bicyclic) bond motifs is 3. The zero-order valence-electron chi connectivity index (χ0n) is 37.9. The fourth-order valence-corrected chi connectivity index (χ4v) is 12.7. The van der Waals surface area contributed by atoms with Gasteiger partial charge >= 0.3 is 0 Å². The first-order chi connectivity index (χ1) is 33.4. The molecule has 1 N–H and O–H groups in total. The van der Waals surface area contributed by atoms with Gasteiger partial charge < -0.3 is 0 Å². The summed E-state index contributed by atoms with van der Waals surface area (Å²) in [7, 11) is -4.17. The molecule has 0 bridgehead atoms. The second-order valence-electron chi connectivity index (χ2n) is 17.5. The molecule has 70 heavy (non-hydrogen) atoms. The first-order valence-electron chi connectivity index (χ1n) is 22.7. The van der Waals surface area contributed by atoms with E-state index in [9.17, 15) is 13.0 Å². The number of benzene rings is 6. The van der Waals surface area contributed by atoms with Crippen molar-refractivity contribution in [3.63, 3.8) is 0 Å². The highest BCUT2D eigenvalue weighted by Gasteiger charge is 2.43. The van der Waals surface area contributed by atoms with E-state index in [4.69, 9.17) is 0 Å². The third-order valence-corrected chi connectivity index (χ3v) is 17.1. The highest BCUT2D eigenvalue weighted by atomic mass is 32.2. The maximum Gasteiger partial charge on any atom is 0.264 e. The average molecular weight is 1060 g/mol. The Morgan fingerprint density at radius 1 is 0.543 bits per heavy atom. The lowest BCUT2D eigenvalue weighted by atomic mass is 9.70. The molecule has 0 fully saturated rings. The van der Waals surface area contributed by atoms with Gasteiger partial charge in [-0.15, -0.1) is 24.0 Å². The van der Waals surface area contributed by atoms with E-state index < -0.39 is 88.7 Å². The minimum atomic E-state index is -4.17. The molecule has 1 unspecified atom stereocenters. The van der Waals surface area contributed by atoms with E-state index in [1.165, 1.54) is 24.3 Å². The summed E-state index contributed by atoms with van der Waals surface area (Å²) in [5.74, 6) is -12.7. The lowest BCUT2D eigenvalue weighted by Gasteiger charge is -2.33. The molecule has 0 spiro atoms. The van der Waals surface area contributed by atoms with Crippen molar-refractivity contribution < 1.29 is 48.1 Å². The molecule has 8 rings (SSSR count). The molecule has 0 aliphatic heterocycles. The highest BCUT2D eigenvalue weighted by Crippen LogP contribution is 2.57. The van der Waals surface area contributed by atoms with E-state index in [1.807, 2.05) is 19.1 Å². The molecule has 1 aliphatic rings. The van der Waals surface area contributed by atoms with Gasteiger partial charge in [0.05, 0.1) is 26.7 Å². The third kappa shape index (κ3) is 10.6. The number of unbranched alkanes of at least 4 members (excludes halogenated alkanes) is 6. The summed E-state index contributed by atoms with van der Waals surface area (Å²) in [4.78, 5) is 0.145. The quantitative estimate of drug-likeness (QED) is 0.0278. The van der Waals surface area contributed by atoms with Crippen LogP contribution in [-0.4, -0.2) is 18.7 Å². The van der Waals surface area contributed by atoms with Crippen molar-refractivity contribution in [2.24, 2.45) is 0 Å². The summed E-state index contributed by atoms with van der Waals surface area (Å²) >= 11 is 6.28. The van der Waals surface area contributed by atoms with Crippen LogP contribution in [0.5, 0.6) is 0 Å². The lowest BCUT2D eigenvalue weighted by molar-refractivity contribution is 0.400. The Kier molecular flexibility index (Phi) is 16.0. The summed E-state index contributed by atoms with van der Waals surface area (Å²) in [5, 5.41) is 0. The average Bonchev–Trinajstić information content (AvgIpc) is 3.92. The molecule has 1 aromatic heterocycles. The summed E-state index contributed by atoms with van der Waals surface area (Å²) in [6.45, 7) is 3.90. The highest BCUT2D eigenvalue weighted by molar-refractivity contribution is 7.99. The Morgan fingerprint density at radius 3 is 1.53 bits per heavy atom. The lowest BCUT2D eigenvalue weighted by Crippen LogP contribution is -2.25. The first-order valence-corrected chi connectivity index (χ1v) is 27.2. The van der Waals surface area contributed by atoms with Crippen LogP contribution >= 0.6 is 47.5 Å². The molecule has 1 heterocycles. The molecule has 0 radical (unpaired) electrons. The maximum absolute atomic E-state index is 16.3. The first kappa shape index (κ1) is 51.8. The predicted molar refractivity (Wildman–Crippen MR) is 268 cm³/mol. The Hall–Kier alpha value is -4.58. The number of halogens is 8. The van der Waals surface area contributed by atoms with E-state index in [2.05, 4.69) is 19.6 Å². The molecule has 3 nitrogen and oxygen atoms in total. The van der Waals surface area contributed by atoms with Crippen LogP contribution in [0, 0.1) is 53.5 Å². The van der Waals surface area contributed by atoms with Crippen LogP contribution in [-0.2, 0) is 15.5 Å². The third-order valence-electron chi connectivity index (χ3n) is 12.7. The van der Waals surface area contributed by atoms with Crippen LogP contribution in [0.2, 0.25) is 0 Å². The number of thiophene rings is 1. The molecule has 6 aromatic carbocycles. The maximum atomic E-state index is 16.3. The van der Waals surface area contributed by atoms with E-state index in [0.29, 0.717) is 92.7 Å². The van der Waals surface area contributed by atoms with Crippen LogP contribution < -0.4 is 0 Å². The van der Waals surface area contributed by atoms with Gasteiger partial charge in [-0.05, 0) is 120 Å². The molecule has 0 saturated heterocycles. The van der Waals surface area contributed by atoms with Gasteiger partial charge in [0.1, 0.15) is 0 Å². The van der Waals surface area contributed by atoms with Crippen LogP contribution in [0.15, 0.2) is 122 Å². The minimum absolute atomic E-state index is 0.0534. The fourth-order valence-electron chi connectivity index (χ4n) is 9.24. The van der Waals surface area contributed by atoms with Gasteiger partial charge in [-0.3, -0.25) is 4.55 Å². The topological polar surface area (TPSA) is 54.4 Å². The van der Waals surface area contributed by atoms with Crippen molar-refractivity contribution in [3.8, 4) is 43.1 Å². The Morgan fingerprint density at radius 2 is 1.00 bits per heavy atom. The SMILES string of the molecule is CCCCCCC1(CCCCCCS(=O)(=O)O)c2cc(-c3ccc(-c4c(F)c(F)c(Sc5ccc(C)cc5)c(F)c4F)s3)ccc2-c2ccc(-c3c(F)c(F)c(Sc4ccc(S)cc4)c(F)c3F)cc21. The van der Waals surface area contributed by atoms with Crippen LogP contribution in [0.1, 0.15) is 87.8 Å². The van der Waals surface area contributed by atoms with Crippen molar-refractivity contribution in [2.45, 2.75) is 108 Å². The van der Waals surface area contributed by atoms with Crippen LogP contribution in [0.3, 0.4) is 0 Å². The van der Waals surface area contributed by atoms with Gasteiger partial charge in [-0.2, -0.15) is 8.42 Å². The molecule has 1 atom stereocenters. The Balaban J connectivity index is 1.21.